The monoisotopic (exact) mass is 692 g/mol. The first-order valence-corrected chi connectivity index (χ1v) is 15.1. The van der Waals surface area contributed by atoms with Gasteiger partial charge in [-0.25, -0.2) is 46.3 Å². The van der Waals surface area contributed by atoms with E-state index in [0.29, 0.717) is 67.0 Å². The third-order valence-corrected chi connectivity index (χ3v) is 9.15. The van der Waals surface area contributed by atoms with Crippen LogP contribution in [0.5, 0.6) is 0 Å². The van der Waals surface area contributed by atoms with Crippen molar-refractivity contribution in [2.45, 2.75) is 0 Å². The van der Waals surface area contributed by atoms with E-state index >= 15 is 0 Å². The van der Waals surface area contributed by atoms with Gasteiger partial charge in [-0.15, -0.1) is 22.7 Å². The van der Waals surface area contributed by atoms with Crippen molar-refractivity contribution in [3.05, 3.63) is 117 Å². The van der Waals surface area contributed by atoms with Crippen molar-refractivity contribution >= 4 is 67.2 Å². The van der Waals surface area contributed by atoms with Crippen LogP contribution in [0.1, 0.15) is 30.7 Å². The summed E-state index contributed by atoms with van der Waals surface area (Å²) in [5.74, 6) is -9.66. The standard InChI is InChI=1S/C32H10F6N4O4S2/c33-15-7-19(37)17(35)5-13(15)27(43)31-39-9-25(47-31)29-41-21-1-11-3-24-22(2-12(11)4-23(21)45-29)42-30(46-24)26-10-40-32(48-26)28(44)14-6-18(36)20(38)8-16(14)34/h1-10H. The van der Waals surface area contributed by atoms with Crippen molar-refractivity contribution in [1.29, 1.82) is 0 Å². The molecule has 16 heteroatoms. The molecule has 0 aliphatic heterocycles. The molecule has 0 N–H and O–H groups in total. The van der Waals surface area contributed by atoms with Gasteiger partial charge in [-0.1, -0.05) is 0 Å². The third-order valence-electron chi connectivity index (χ3n) is 7.18. The Balaban J connectivity index is 1.08. The van der Waals surface area contributed by atoms with Crippen molar-refractivity contribution in [2.24, 2.45) is 0 Å². The number of rotatable bonds is 6. The zero-order valence-electron chi connectivity index (χ0n) is 23.3. The molecule has 236 valence electrons. The van der Waals surface area contributed by atoms with Crippen molar-refractivity contribution in [2.75, 3.05) is 0 Å². The molecule has 8 nitrogen and oxygen atoms in total. The van der Waals surface area contributed by atoms with Crippen molar-refractivity contribution in [3.63, 3.8) is 0 Å². The van der Waals surface area contributed by atoms with Crippen LogP contribution < -0.4 is 0 Å². The van der Waals surface area contributed by atoms with Crippen LogP contribution in [-0.2, 0) is 0 Å². The van der Waals surface area contributed by atoms with E-state index in [2.05, 4.69) is 19.9 Å². The fourth-order valence-corrected chi connectivity index (χ4v) is 6.48. The average molecular weight is 693 g/mol. The molecule has 0 saturated carbocycles. The number of nitrogens with zero attached hydrogens (tertiary/aromatic N) is 4. The second-order valence-electron chi connectivity index (χ2n) is 10.2. The van der Waals surface area contributed by atoms with E-state index in [1.165, 1.54) is 12.4 Å². The van der Waals surface area contributed by atoms with Crippen LogP contribution in [0, 0.1) is 34.9 Å². The van der Waals surface area contributed by atoms with Gasteiger partial charge in [0.25, 0.3) is 0 Å². The second-order valence-corrected chi connectivity index (χ2v) is 12.3. The maximum Gasteiger partial charge on any atom is 0.239 e. The van der Waals surface area contributed by atoms with E-state index in [1.807, 2.05) is 0 Å². The minimum Gasteiger partial charge on any atom is -0.435 e. The summed E-state index contributed by atoms with van der Waals surface area (Å²) < 4.78 is 94.0. The molecular weight excluding hydrogens is 682 g/mol. The summed E-state index contributed by atoms with van der Waals surface area (Å²) in [5, 5.41) is 1.03. The number of carbonyl (C=O) groups is 2. The minimum absolute atomic E-state index is 0.116. The third kappa shape index (κ3) is 4.92. The normalized spacial score (nSPS) is 11.7. The smallest absolute Gasteiger partial charge is 0.239 e. The molecule has 4 heterocycles. The Morgan fingerprint density at radius 2 is 0.917 bits per heavy atom. The Labute approximate surface area is 269 Å². The number of carbonyl (C=O) groups excluding carboxylic acids is 2. The number of aromatic nitrogens is 4. The van der Waals surface area contributed by atoms with E-state index in [9.17, 15) is 35.9 Å². The van der Waals surface area contributed by atoms with Crippen LogP contribution in [0.4, 0.5) is 26.3 Å². The van der Waals surface area contributed by atoms with Gasteiger partial charge in [0.15, 0.2) is 44.5 Å². The molecule has 0 aliphatic carbocycles. The van der Waals surface area contributed by atoms with Crippen LogP contribution >= 0.6 is 22.7 Å². The summed E-state index contributed by atoms with van der Waals surface area (Å²) in [4.78, 5) is 43.0. The summed E-state index contributed by atoms with van der Waals surface area (Å²) in [6, 6.07) is 8.40. The Hall–Kier alpha value is -5.74. The van der Waals surface area contributed by atoms with E-state index in [0.717, 1.165) is 22.7 Å². The van der Waals surface area contributed by atoms with Gasteiger partial charge in [0.2, 0.25) is 23.3 Å². The summed E-state index contributed by atoms with van der Waals surface area (Å²) >= 11 is 1.67. The maximum atomic E-state index is 14.1. The van der Waals surface area contributed by atoms with Crippen LogP contribution in [0.2, 0.25) is 0 Å². The average Bonchev–Trinajstić information content (AvgIpc) is 3.87. The summed E-state index contributed by atoms with van der Waals surface area (Å²) in [7, 11) is 0. The molecule has 0 saturated heterocycles. The summed E-state index contributed by atoms with van der Waals surface area (Å²) in [6.45, 7) is 0. The lowest BCUT2D eigenvalue weighted by molar-refractivity contribution is 0.102. The van der Waals surface area contributed by atoms with Gasteiger partial charge < -0.3 is 8.83 Å². The van der Waals surface area contributed by atoms with Gasteiger partial charge in [-0.05, 0) is 47.2 Å². The number of fused-ring (bicyclic) bond motifs is 3. The van der Waals surface area contributed by atoms with E-state index in [-0.39, 0.29) is 21.8 Å². The first-order valence-electron chi connectivity index (χ1n) is 13.5. The van der Waals surface area contributed by atoms with Crippen molar-refractivity contribution in [1.82, 2.24) is 19.9 Å². The lowest BCUT2D eigenvalue weighted by Gasteiger charge is -2.01. The van der Waals surface area contributed by atoms with Crippen LogP contribution in [0.3, 0.4) is 0 Å². The molecule has 0 amide bonds. The van der Waals surface area contributed by atoms with Gasteiger partial charge in [-0.2, -0.15) is 0 Å². The lowest BCUT2D eigenvalue weighted by atomic mass is 10.1. The Morgan fingerprint density at radius 1 is 0.521 bits per heavy atom. The number of benzene rings is 4. The molecule has 0 unspecified atom stereocenters. The fourth-order valence-electron chi connectivity index (χ4n) is 4.89. The second kappa shape index (κ2) is 10.9. The molecule has 8 aromatic rings. The van der Waals surface area contributed by atoms with Crippen molar-refractivity contribution < 1.29 is 44.8 Å². The number of hydrogen-bond acceptors (Lipinski definition) is 10. The number of ketones is 2. The first kappa shape index (κ1) is 29.6. The molecule has 4 aromatic heterocycles. The largest absolute Gasteiger partial charge is 0.435 e. The summed E-state index contributed by atoms with van der Waals surface area (Å²) in [6.07, 6.45) is 2.59. The van der Waals surface area contributed by atoms with E-state index in [1.54, 1.807) is 24.3 Å². The minimum atomic E-state index is -1.42. The van der Waals surface area contributed by atoms with Gasteiger partial charge in [0, 0.05) is 12.1 Å². The predicted octanol–water partition coefficient (Wildman–Crippen LogP) is 8.67. The Kier molecular flexibility index (Phi) is 6.74. The molecule has 0 bridgehead atoms. The first-order chi connectivity index (χ1) is 23.0. The number of halogens is 6. The summed E-state index contributed by atoms with van der Waals surface area (Å²) in [5.41, 5.74) is 0.313. The highest BCUT2D eigenvalue weighted by molar-refractivity contribution is 7.17. The zero-order valence-corrected chi connectivity index (χ0v) is 24.9. The zero-order chi connectivity index (χ0) is 33.4. The SMILES string of the molecule is O=C(c1ncc(-c2nc3cc4cc5oc(-c6cnc(C(=O)c7cc(F)c(F)cc7F)s6)nc5cc4cc3o2)s1)c1cc(F)c(F)cc1F. The number of hydrogen-bond donors (Lipinski definition) is 0. The molecule has 4 aromatic carbocycles. The van der Waals surface area contributed by atoms with Crippen LogP contribution in [0.15, 0.2) is 69.8 Å². The van der Waals surface area contributed by atoms with Gasteiger partial charge in [-0.3, -0.25) is 9.59 Å². The maximum absolute atomic E-state index is 14.1. The highest BCUT2D eigenvalue weighted by atomic mass is 32.1. The highest BCUT2D eigenvalue weighted by Gasteiger charge is 2.24. The Morgan fingerprint density at radius 3 is 1.33 bits per heavy atom. The molecule has 0 fully saturated rings. The van der Waals surface area contributed by atoms with Gasteiger partial charge in [0.05, 0.1) is 23.5 Å². The van der Waals surface area contributed by atoms with Gasteiger partial charge >= 0.3 is 0 Å². The predicted molar refractivity (Wildman–Crippen MR) is 161 cm³/mol. The van der Waals surface area contributed by atoms with Gasteiger partial charge in [0.1, 0.15) is 32.4 Å². The molecule has 8 rings (SSSR count). The van der Waals surface area contributed by atoms with Crippen LogP contribution in [-0.4, -0.2) is 31.5 Å². The van der Waals surface area contributed by atoms with Crippen LogP contribution in [0.25, 0.3) is 54.5 Å². The number of thiazole rings is 2. The van der Waals surface area contributed by atoms with E-state index < -0.39 is 57.6 Å². The molecule has 0 radical (unpaired) electrons. The molecule has 48 heavy (non-hydrogen) atoms. The molecule has 0 aliphatic rings. The Bertz CT molecular complexity index is 2420. The number of oxazole rings is 2. The molecular formula is C32H10F6N4O4S2. The van der Waals surface area contributed by atoms with E-state index in [4.69, 9.17) is 8.83 Å². The quantitative estimate of drug-likeness (QED) is 0.0967. The molecule has 0 spiro atoms. The highest BCUT2D eigenvalue weighted by Crippen LogP contribution is 2.35. The fraction of sp³-hybridized carbons (Fsp3) is 0. The lowest BCUT2D eigenvalue weighted by Crippen LogP contribution is -2.05. The van der Waals surface area contributed by atoms with Crippen molar-refractivity contribution in [3.8, 4) is 21.5 Å². The topological polar surface area (TPSA) is 112 Å². The molecule has 0 atom stereocenters.